The van der Waals surface area contributed by atoms with Crippen LogP contribution < -0.4 is 0 Å². The van der Waals surface area contributed by atoms with Crippen LogP contribution in [-0.2, 0) is 6.42 Å². The number of hydrogen-bond donors (Lipinski definition) is 0. The quantitative estimate of drug-likeness (QED) is 0.266. The Hall–Kier alpha value is -3.49. The van der Waals surface area contributed by atoms with Crippen molar-refractivity contribution in [2.45, 2.75) is 13.3 Å². The minimum absolute atomic E-state index is 0.927. The molecule has 0 radical (unpaired) electrons. The first-order valence-corrected chi connectivity index (χ1v) is 11.4. The number of fused-ring (bicyclic) bond motifs is 4. The van der Waals surface area contributed by atoms with E-state index in [-0.39, 0.29) is 0 Å². The average molecular weight is 416 g/mol. The number of aryl methyl sites for hydroxylation is 1. The maximum absolute atomic E-state index is 4.86. The lowest BCUT2D eigenvalue weighted by atomic mass is 9.91. The number of rotatable bonds is 3. The summed E-state index contributed by atoms with van der Waals surface area (Å²) in [7, 11) is 0. The molecule has 0 amide bonds. The van der Waals surface area contributed by atoms with Gasteiger partial charge in [-0.15, -0.1) is 11.3 Å². The van der Waals surface area contributed by atoms with Gasteiger partial charge in [0.05, 0.1) is 10.6 Å². The number of benzene rings is 4. The standard InChI is InChI=1S/C29H21NS/c1-19-16-22-11-7-12-23(17-20-8-3-2-4-9-20)28(22)24-14-15-30-29(27(19)24)26-18-21-10-5-6-13-25(21)31-26/h2-16,18H,17H2,1H3. The summed E-state index contributed by atoms with van der Waals surface area (Å²) in [5, 5.41) is 6.49. The molecule has 0 atom stereocenters. The van der Waals surface area contributed by atoms with Gasteiger partial charge in [0.2, 0.25) is 0 Å². The highest BCUT2D eigenvalue weighted by Crippen LogP contribution is 2.40. The van der Waals surface area contributed by atoms with Gasteiger partial charge in [-0.25, -0.2) is 0 Å². The monoisotopic (exact) mass is 415 g/mol. The number of aromatic nitrogens is 1. The van der Waals surface area contributed by atoms with Gasteiger partial charge in [0.25, 0.3) is 0 Å². The van der Waals surface area contributed by atoms with Gasteiger partial charge in [-0.2, -0.15) is 0 Å². The SMILES string of the molecule is Cc1cc2cccc(Cc3ccccc3)c2c2ccnc(-c3cc4ccccc4s3)c12. The first kappa shape index (κ1) is 18.3. The Morgan fingerprint density at radius 1 is 0.742 bits per heavy atom. The van der Waals surface area contributed by atoms with E-state index in [4.69, 9.17) is 4.98 Å². The average Bonchev–Trinajstić information content (AvgIpc) is 3.24. The first-order valence-electron chi connectivity index (χ1n) is 10.6. The Labute approximate surface area is 185 Å². The van der Waals surface area contributed by atoms with Crippen molar-refractivity contribution in [2.75, 3.05) is 0 Å². The van der Waals surface area contributed by atoms with Crippen molar-refractivity contribution >= 4 is 43.0 Å². The summed E-state index contributed by atoms with van der Waals surface area (Å²) in [6.45, 7) is 2.21. The van der Waals surface area contributed by atoms with Gasteiger partial charge in [-0.05, 0) is 69.8 Å². The molecule has 0 bridgehead atoms. The highest BCUT2D eigenvalue weighted by atomic mass is 32.1. The maximum Gasteiger partial charge on any atom is 0.0883 e. The third-order valence-electron chi connectivity index (χ3n) is 6.07. The highest BCUT2D eigenvalue weighted by molar-refractivity contribution is 7.22. The van der Waals surface area contributed by atoms with E-state index in [1.54, 1.807) is 0 Å². The Morgan fingerprint density at radius 3 is 2.42 bits per heavy atom. The molecule has 31 heavy (non-hydrogen) atoms. The molecule has 0 aliphatic carbocycles. The number of pyridine rings is 1. The van der Waals surface area contributed by atoms with Crippen LogP contribution in [0.3, 0.4) is 0 Å². The predicted octanol–water partition coefficient (Wildman–Crippen LogP) is 8.17. The van der Waals surface area contributed by atoms with Crippen LogP contribution in [-0.4, -0.2) is 4.98 Å². The van der Waals surface area contributed by atoms with Gasteiger partial charge in [0, 0.05) is 16.3 Å². The molecule has 2 heteroatoms. The summed E-state index contributed by atoms with van der Waals surface area (Å²) < 4.78 is 1.31. The van der Waals surface area contributed by atoms with Crippen molar-refractivity contribution in [3.63, 3.8) is 0 Å². The van der Waals surface area contributed by atoms with Crippen molar-refractivity contribution in [1.82, 2.24) is 4.98 Å². The molecule has 0 saturated heterocycles. The number of nitrogens with zero attached hydrogens (tertiary/aromatic N) is 1. The summed E-state index contributed by atoms with van der Waals surface area (Å²) in [6, 6.07) is 32.8. The molecule has 0 N–H and O–H groups in total. The zero-order valence-electron chi connectivity index (χ0n) is 17.3. The van der Waals surface area contributed by atoms with Crippen molar-refractivity contribution in [3.8, 4) is 10.6 Å². The zero-order chi connectivity index (χ0) is 20.8. The van der Waals surface area contributed by atoms with E-state index in [0.717, 1.165) is 12.1 Å². The lowest BCUT2D eigenvalue weighted by Crippen LogP contribution is -1.94. The summed E-state index contributed by atoms with van der Waals surface area (Å²) in [5.74, 6) is 0. The van der Waals surface area contributed by atoms with Crippen LogP contribution in [0.4, 0.5) is 0 Å². The van der Waals surface area contributed by atoms with E-state index < -0.39 is 0 Å². The lowest BCUT2D eigenvalue weighted by molar-refractivity contribution is 1.22. The van der Waals surface area contributed by atoms with E-state index >= 15 is 0 Å². The van der Waals surface area contributed by atoms with E-state index in [1.165, 1.54) is 53.2 Å². The van der Waals surface area contributed by atoms with Crippen molar-refractivity contribution in [1.29, 1.82) is 0 Å². The second-order valence-corrected chi connectivity index (χ2v) is 9.19. The van der Waals surface area contributed by atoms with Crippen molar-refractivity contribution in [2.24, 2.45) is 0 Å². The fraction of sp³-hybridized carbons (Fsp3) is 0.0690. The van der Waals surface area contributed by atoms with Crippen LogP contribution >= 0.6 is 11.3 Å². The Kier molecular flexibility index (Phi) is 4.33. The molecule has 0 fully saturated rings. The maximum atomic E-state index is 4.86. The summed E-state index contributed by atoms with van der Waals surface area (Å²) in [4.78, 5) is 6.10. The molecule has 6 aromatic rings. The van der Waals surface area contributed by atoms with Gasteiger partial charge in [-0.3, -0.25) is 4.98 Å². The fourth-order valence-corrected chi connectivity index (χ4v) is 5.76. The molecule has 148 valence electrons. The van der Waals surface area contributed by atoms with E-state index in [1.807, 2.05) is 17.5 Å². The second-order valence-electron chi connectivity index (χ2n) is 8.10. The Bertz CT molecular complexity index is 1530. The minimum Gasteiger partial charge on any atom is -0.255 e. The second kappa shape index (κ2) is 7.33. The summed E-state index contributed by atoms with van der Waals surface area (Å²) in [5.41, 5.74) is 5.07. The van der Waals surface area contributed by atoms with Crippen LogP contribution in [0, 0.1) is 6.92 Å². The largest absolute Gasteiger partial charge is 0.255 e. The normalized spacial score (nSPS) is 11.5. The van der Waals surface area contributed by atoms with E-state index in [2.05, 4.69) is 97.9 Å². The number of hydrogen-bond acceptors (Lipinski definition) is 2. The molecular weight excluding hydrogens is 394 g/mol. The third-order valence-corrected chi connectivity index (χ3v) is 7.19. The molecule has 2 aromatic heterocycles. The van der Waals surface area contributed by atoms with E-state index in [0.29, 0.717) is 0 Å². The van der Waals surface area contributed by atoms with Gasteiger partial charge >= 0.3 is 0 Å². The fourth-order valence-electron chi connectivity index (χ4n) is 4.69. The molecule has 0 unspecified atom stereocenters. The molecule has 6 rings (SSSR count). The Balaban J connectivity index is 1.63. The molecule has 0 aliphatic heterocycles. The zero-order valence-corrected chi connectivity index (χ0v) is 18.1. The first-order chi connectivity index (χ1) is 15.3. The predicted molar refractivity (Wildman–Crippen MR) is 134 cm³/mol. The molecule has 2 heterocycles. The molecule has 0 spiro atoms. The van der Waals surface area contributed by atoms with Crippen LogP contribution in [0.25, 0.3) is 42.2 Å². The smallest absolute Gasteiger partial charge is 0.0883 e. The van der Waals surface area contributed by atoms with Gasteiger partial charge in [-0.1, -0.05) is 72.8 Å². The van der Waals surface area contributed by atoms with Crippen LogP contribution in [0.5, 0.6) is 0 Å². The lowest BCUT2D eigenvalue weighted by Gasteiger charge is -2.14. The molecule has 1 nitrogen and oxygen atoms in total. The third kappa shape index (κ3) is 3.11. The highest BCUT2D eigenvalue weighted by Gasteiger charge is 2.15. The van der Waals surface area contributed by atoms with Gasteiger partial charge in [0.1, 0.15) is 0 Å². The topological polar surface area (TPSA) is 12.9 Å². The molecule has 0 aliphatic rings. The van der Waals surface area contributed by atoms with Crippen molar-refractivity contribution < 1.29 is 0 Å². The Morgan fingerprint density at radius 2 is 1.55 bits per heavy atom. The van der Waals surface area contributed by atoms with Gasteiger partial charge in [0.15, 0.2) is 0 Å². The molecule has 0 saturated carbocycles. The van der Waals surface area contributed by atoms with Crippen LogP contribution in [0.15, 0.2) is 97.2 Å². The van der Waals surface area contributed by atoms with Crippen LogP contribution in [0.2, 0.25) is 0 Å². The molecule has 4 aromatic carbocycles. The van der Waals surface area contributed by atoms with E-state index in [9.17, 15) is 0 Å². The van der Waals surface area contributed by atoms with Gasteiger partial charge < -0.3 is 0 Å². The van der Waals surface area contributed by atoms with Crippen LogP contribution in [0.1, 0.15) is 16.7 Å². The molecular formula is C29H21NS. The minimum atomic E-state index is 0.927. The summed E-state index contributed by atoms with van der Waals surface area (Å²) >= 11 is 1.82. The van der Waals surface area contributed by atoms with Crippen molar-refractivity contribution in [3.05, 3.63) is 114 Å². The summed E-state index contributed by atoms with van der Waals surface area (Å²) in [6.07, 6.45) is 2.90. The number of thiophene rings is 1.